The molecule has 0 aliphatic carbocycles. The Morgan fingerprint density at radius 3 is 2.70 bits per heavy atom. The number of hydrogen-bond donors (Lipinski definition) is 2. The molecular weight excluding hydrogens is 288 g/mol. The molecule has 0 aliphatic rings. The molecule has 0 saturated heterocycles. The van der Waals surface area contributed by atoms with Crippen LogP contribution in [0.15, 0.2) is 54.6 Å². The standard InChI is InChI=1S/C19H24N2O2/c1-2-12-20-15-19(22)21-17-9-6-10-18(14-17)23-13-11-16-7-4-3-5-8-16/h3-10,14,20H,2,11-13,15H2,1H3,(H,21,22). The molecule has 2 N–H and O–H groups in total. The highest BCUT2D eigenvalue weighted by atomic mass is 16.5. The number of anilines is 1. The lowest BCUT2D eigenvalue weighted by molar-refractivity contribution is -0.115. The van der Waals surface area contributed by atoms with Crippen LogP contribution in [0.1, 0.15) is 18.9 Å². The normalized spacial score (nSPS) is 10.3. The molecule has 0 fully saturated rings. The fraction of sp³-hybridized carbons (Fsp3) is 0.316. The van der Waals surface area contributed by atoms with Gasteiger partial charge in [0.1, 0.15) is 5.75 Å². The molecule has 122 valence electrons. The van der Waals surface area contributed by atoms with E-state index in [4.69, 9.17) is 4.74 Å². The minimum absolute atomic E-state index is 0.0418. The molecule has 0 aromatic heterocycles. The van der Waals surface area contributed by atoms with Gasteiger partial charge >= 0.3 is 0 Å². The van der Waals surface area contributed by atoms with Gasteiger partial charge in [-0.25, -0.2) is 0 Å². The van der Waals surface area contributed by atoms with Crippen molar-refractivity contribution in [3.8, 4) is 5.75 Å². The van der Waals surface area contributed by atoms with E-state index in [2.05, 4.69) is 29.7 Å². The Morgan fingerprint density at radius 1 is 1.09 bits per heavy atom. The van der Waals surface area contributed by atoms with Gasteiger partial charge in [-0.05, 0) is 30.7 Å². The monoisotopic (exact) mass is 312 g/mol. The molecule has 23 heavy (non-hydrogen) atoms. The fourth-order valence-electron chi connectivity index (χ4n) is 2.18. The zero-order valence-corrected chi connectivity index (χ0v) is 13.5. The van der Waals surface area contributed by atoms with E-state index in [1.807, 2.05) is 42.5 Å². The van der Waals surface area contributed by atoms with Crippen molar-refractivity contribution < 1.29 is 9.53 Å². The van der Waals surface area contributed by atoms with E-state index in [1.54, 1.807) is 0 Å². The largest absolute Gasteiger partial charge is 0.493 e. The summed E-state index contributed by atoms with van der Waals surface area (Å²) in [6.45, 7) is 3.85. The lowest BCUT2D eigenvalue weighted by atomic mass is 10.2. The van der Waals surface area contributed by atoms with E-state index in [0.717, 1.165) is 30.8 Å². The molecule has 0 bridgehead atoms. The van der Waals surface area contributed by atoms with Crippen molar-refractivity contribution in [3.63, 3.8) is 0 Å². The topological polar surface area (TPSA) is 50.4 Å². The molecule has 2 aromatic carbocycles. The third-order valence-electron chi connectivity index (χ3n) is 3.33. The number of amides is 1. The highest BCUT2D eigenvalue weighted by Gasteiger charge is 2.03. The summed E-state index contributed by atoms with van der Waals surface area (Å²) in [7, 11) is 0. The van der Waals surface area contributed by atoms with Crippen LogP contribution in [-0.4, -0.2) is 25.6 Å². The maximum atomic E-state index is 11.8. The summed E-state index contributed by atoms with van der Waals surface area (Å²) >= 11 is 0. The molecule has 0 heterocycles. The van der Waals surface area contributed by atoms with Crippen LogP contribution < -0.4 is 15.4 Å². The second-order valence-corrected chi connectivity index (χ2v) is 5.34. The first kappa shape index (κ1) is 17.0. The van der Waals surface area contributed by atoms with Crippen molar-refractivity contribution in [1.82, 2.24) is 5.32 Å². The first-order valence-corrected chi connectivity index (χ1v) is 8.05. The van der Waals surface area contributed by atoms with Crippen molar-refractivity contribution in [3.05, 3.63) is 60.2 Å². The van der Waals surface area contributed by atoms with Gasteiger partial charge in [-0.1, -0.05) is 43.3 Å². The van der Waals surface area contributed by atoms with E-state index in [1.165, 1.54) is 5.56 Å². The number of rotatable bonds is 9. The average Bonchev–Trinajstić information content (AvgIpc) is 2.56. The van der Waals surface area contributed by atoms with Gasteiger partial charge in [-0.2, -0.15) is 0 Å². The Morgan fingerprint density at radius 2 is 1.91 bits per heavy atom. The Labute approximate surface area is 137 Å². The number of carbonyl (C=O) groups is 1. The number of benzene rings is 2. The van der Waals surface area contributed by atoms with Crippen molar-refractivity contribution in [1.29, 1.82) is 0 Å². The summed E-state index contributed by atoms with van der Waals surface area (Å²) in [5.41, 5.74) is 2.00. The quantitative estimate of drug-likeness (QED) is 0.699. The van der Waals surface area contributed by atoms with Gasteiger partial charge in [0.05, 0.1) is 13.2 Å². The summed E-state index contributed by atoms with van der Waals surface area (Å²) < 4.78 is 5.76. The zero-order valence-electron chi connectivity index (χ0n) is 13.5. The Kier molecular flexibility index (Phi) is 7.14. The molecule has 0 spiro atoms. The van der Waals surface area contributed by atoms with E-state index >= 15 is 0 Å². The van der Waals surface area contributed by atoms with E-state index in [9.17, 15) is 4.79 Å². The van der Waals surface area contributed by atoms with Crippen LogP contribution in [0.5, 0.6) is 5.75 Å². The maximum absolute atomic E-state index is 11.8. The molecule has 0 unspecified atom stereocenters. The van der Waals surface area contributed by atoms with Gasteiger partial charge in [-0.3, -0.25) is 4.79 Å². The molecule has 2 aromatic rings. The number of hydrogen-bond acceptors (Lipinski definition) is 3. The van der Waals surface area contributed by atoms with Gasteiger partial charge < -0.3 is 15.4 Å². The highest BCUT2D eigenvalue weighted by Crippen LogP contribution is 2.17. The van der Waals surface area contributed by atoms with Crippen LogP contribution in [0.3, 0.4) is 0 Å². The van der Waals surface area contributed by atoms with Crippen LogP contribution in [0, 0.1) is 0 Å². The Hall–Kier alpha value is -2.33. The summed E-state index contributed by atoms with van der Waals surface area (Å²) in [4.78, 5) is 11.8. The second kappa shape index (κ2) is 9.64. The van der Waals surface area contributed by atoms with Gasteiger partial charge in [0.2, 0.25) is 5.91 Å². The number of carbonyl (C=O) groups excluding carboxylic acids is 1. The minimum Gasteiger partial charge on any atom is -0.493 e. The van der Waals surface area contributed by atoms with Crippen LogP contribution in [-0.2, 0) is 11.2 Å². The Bertz CT molecular complexity index is 599. The van der Waals surface area contributed by atoms with E-state index < -0.39 is 0 Å². The van der Waals surface area contributed by atoms with Crippen LogP contribution in [0.4, 0.5) is 5.69 Å². The van der Waals surface area contributed by atoms with E-state index in [0.29, 0.717) is 13.2 Å². The van der Waals surface area contributed by atoms with Crippen molar-refractivity contribution >= 4 is 11.6 Å². The molecule has 2 rings (SSSR count). The molecule has 4 nitrogen and oxygen atoms in total. The number of nitrogens with one attached hydrogen (secondary N) is 2. The molecule has 0 radical (unpaired) electrons. The summed E-state index contributed by atoms with van der Waals surface area (Å²) in [6, 6.07) is 17.7. The summed E-state index contributed by atoms with van der Waals surface area (Å²) in [6.07, 6.45) is 1.87. The lowest BCUT2D eigenvalue weighted by Crippen LogP contribution is -2.28. The molecular formula is C19H24N2O2. The van der Waals surface area contributed by atoms with Gasteiger partial charge in [0.15, 0.2) is 0 Å². The summed E-state index contributed by atoms with van der Waals surface area (Å²) in [5, 5.41) is 5.95. The third-order valence-corrected chi connectivity index (χ3v) is 3.33. The van der Waals surface area contributed by atoms with Crippen LogP contribution in [0.2, 0.25) is 0 Å². The van der Waals surface area contributed by atoms with Crippen molar-refractivity contribution in [2.24, 2.45) is 0 Å². The molecule has 4 heteroatoms. The lowest BCUT2D eigenvalue weighted by Gasteiger charge is -2.09. The van der Waals surface area contributed by atoms with Gasteiger partial charge in [0.25, 0.3) is 0 Å². The molecule has 1 amide bonds. The van der Waals surface area contributed by atoms with Crippen LogP contribution >= 0.6 is 0 Å². The van der Waals surface area contributed by atoms with Crippen LogP contribution in [0.25, 0.3) is 0 Å². The third kappa shape index (κ3) is 6.53. The fourth-order valence-corrected chi connectivity index (χ4v) is 2.18. The highest BCUT2D eigenvalue weighted by molar-refractivity contribution is 5.92. The summed E-state index contributed by atoms with van der Waals surface area (Å²) in [5.74, 6) is 0.722. The van der Waals surface area contributed by atoms with Gasteiger partial charge in [-0.15, -0.1) is 0 Å². The smallest absolute Gasteiger partial charge is 0.238 e. The molecule has 0 aliphatic heterocycles. The Balaban J connectivity index is 1.78. The first-order valence-electron chi connectivity index (χ1n) is 8.05. The predicted octanol–water partition coefficient (Wildman–Crippen LogP) is 3.25. The SMILES string of the molecule is CCCNCC(=O)Nc1cccc(OCCc2ccccc2)c1. The van der Waals surface area contributed by atoms with E-state index in [-0.39, 0.29) is 5.91 Å². The first-order chi connectivity index (χ1) is 11.3. The maximum Gasteiger partial charge on any atom is 0.238 e. The van der Waals surface area contributed by atoms with Gasteiger partial charge in [0, 0.05) is 18.2 Å². The average molecular weight is 312 g/mol. The zero-order chi connectivity index (χ0) is 16.3. The number of ether oxygens (including phenoxy) is 1. The second-order valence-electron chi connectivity index (χ2n) is 5.34. The van der Waals surface area contributed by atoms with Crippen molar-refractivity contribution in [2.75, 3.05) is 25.0 Å². The van der Waals surface area contributed by atoms with Crippen molar-refractivity contribution in [2.45, 2.75) is 19.8 Å². The molecule has 0 saturated carbocycles. The molecule has 0 atom stereocenters. The minimum atomic E-state index is -0.0418. The predicted molar refractivity (Wildman–Crippen MR) is 93.9 cm³/mol.